The molecule has 0 saturated carbocycles. The minimum Gasteiger partial charge on any atom is -0.394 e. The summed E-state index contributed by atoms with van der Waals surface area (Å²) < 4.78 is 0. The predicted octanol–water partition coefficient (Wildman–Crippen LogP) is 1.83. The van der Waals surface area contributed by atoms with Crippen molar-refractivity contribution < 1.29 is 14.7 Å². The molecular weight excluding hydrogens is 318 g/mol. The Kier molecular flexibility index (Phi) is 5.11. The number of aromatic nitrogens is 1. The van der Waals surface area contributed by atoms with Gasteiger partial charge in [0.05, 0.1) is 12.6 Å². The fourth-order valence-electron chi connectivity index (χ4n) is 2.63. The second-order valence-corrected chi connectivity index (χ2v) is 5.78. The first-order chi connectivity index (χ1) is 12.2. The lowest BCUT2D eigenvalue weighted by Crippen LogP contribution is -2.44. The molecule has 4 N–H and O–H groups in total. The summed E-state index contributed by atoms with van der Waals surface area (Å²) in [5.41, 5.74) is 2.46. The zero-order valence-electron chi connectivity index (χ0n) is 13.5. The highest BCUT2D eigenvalue weighted by Gasteiger charge is 2.18. The van der Waals surface area contributed by atoms with Crippen LogP contribution < -0.4 is 10.6 Å². The Morgan fingerprint density at radius 2 is 1.84 bits per heavy atom. The number of amides is 2. The summed E-state index contributed by atoms with van der Waals surface area (Å²) in [4.78, 5) is 27.2. The highest BCUT2D eigenvalue weighted by molar-refractivity contribution is 6.39. The van der Waals surface area contributed by atoms with Crippen molar-refractivity contribution in [1.82, 2.24) is 10.3 Å². The van der Waals surface area contributed by atoms with Gasteiger partial charge in [0.1, 0.15) is 0 Å². The van der Waals surface area contributed by atoms with E-state index in [1.807, 2.05) is 42.5 Å². The van der Waals surface area contributed by atoms with Crippen molar-refractivity contribution in [3.63, 3.8) is 0 Å². The first kappa shape index (κ1) is 16.7. The van der Waals surface area contributed by atoms with E-state index in [-0.39, 0.29) is 6.61 Å². The Hall–Kier alpha value is -3.12. The number of carbonyl (C=O) groups excluding carboxylic acids is 2. The number of hydrogen-bond donors (Lipinski definition) is 4. The molecule has 2 aromatic carbocycles. The number of aromatic amines is 1. The second-order valence-electron chi connectivity index (χ2n) is 5.78. The largest absolute Gasteiger partial charge is 0.394 e. The fraction of sp³-hybridized carbons (Fsp3) is 0.158. The van der Waals surface area contributed by atoms with Crippen LogP contribution in [0.1, 0.15) is 5.56 Å². The first-order valence-electron chi connectivity index (χ1n) is 7.99. The third-order valence-electron chi connectivity index (χ3n) is 3.90. The van der Waals surface area contributed by atoms with Crippen molar-refractivity contribution in [3.8, 4) is 0 Å². The molecule has 0 spiro atoms. The van der Waals surface area contributed by atoms with Gasteiger partial charge in [-0.2, -0.15) is 0 Å². The second kappa shape index (κ2) is 7.63. The Bertz CT molecular complexity index is 874. The van der Waals surface area contributed by atoms with E-state index in [4.69, 9.17) is 0 Å². The molecule has 0 aliphatic carbocycles. The zero-order chi connectivity index (χ0) is 17.6. The van der Waals surface area contributed by atoms with Crippen LogP contribution in [0.5, 0.6) is 0 Å². The molecule has 0 bridgehead atoms. The summed E-state index contributed by atoms with van der Waals surface area (Å²) in [6, 6.07) is 16.2. The van der Waals surface area contributed by atoms with Crippen molar-refractivity contribution in [3.05, 3.63) is 66.4 Å². The Morgan fingerprint density at radius 3 is 2.60 bits per heavy atom. The van der Waals surface area contributed by atoms with Gasteiger partial charge in [0, 0.05) is 22.8 Å². The average molecular weight is 337 g/mol. The van der Waals surface area contributed by atoms with Crippen molar-refractivity contribution >= 4 is 28.4 Å². The smallest absolute Gasteiger partial charge is 0.313 e. The number of carbonyl (C=O) groups is 2. The van der Waals surface area contributed by atoms with Crippen LogP contribution in [0, 0.1) is 0 Å². The first-order valence-corrected chi connectivity index (χ1v) is 7.99. The van der Waals surface area contributed by atoms with E-state index in [1.54, 1.807) is 18.3 Å². The number of aliphatic hydroxyl groups is 1. The molecule has 0 radical (unpaired) electrons. The summed E-state index contributed by atoms with van der Waals surface area (Å²) in [7, 11) is 0. The van der Waals surface area contributed by atoms with E-state index in [1.165, 1.54) is 0 Å². The molecule has 6 heteroatoms. The lowest BCUT2D eigenvalue weighted by molar-refractivity contribution is -0.136. The van der Waals surface area contributed by atoms with E-state index >= 15 is 0 Å². The number of hydrogen-bond acceptors (Lipinski definition) is 3. The summed E-state index contributed by atoms with van der Waals surface area (Å²) >= 11 is 0. The minimum atomic E-state index is -0.774. The SMILES string of the molecule is O=C(Nc1ccc2[nH]ccc2c1)C(=O)N[C@H](CO)Cc1ccccc1. The van der Waals surface area contributed by atoms with Crippen molar-refractivity contribution in [2.45, 2.75) is 12.5 Å². The molecule has 1 aromatic heterocycles. The summed E-state index contributed by atoms with van der Waals surface area (Å²) in [5.74, 6) is -1.54. The maximum Gasteiger partial charge on any atom is 0.313 e. The predicted molar refractivity (Wildman–Crippen MR) is 96.1 cm³/mol. The normalized spacial score (nSPS) is 11.9. The molecule has 6 nitrogen and oxygen atoms in total. The molecule has 0 saturated heterocycles. The standard InChI is InChI=1S/C19H19N3O3/c23-12-16(10-13-4-2-1-3-5-13)22-19(25)18(24)21-15-6-7-17-14(11-15)8-9-20-17/h1-9,11,16,20,23H,10,12H2,(H,21,24)(H,22,25)/t16-/m0/s1. The molecule has 0 aliphatic rings. The number of nitrogens with one attached hydrogen (secondary N) is 3. The van der Waals surface area contributed by atoms with E-state index in [2.05, 4.69) is 15.6 Å². The van der Waals surface area contributed by atoms with Gasteiger partial charge >= 0.3 is 11.8 Å². The van der Waals surface area contributed by atoms with Gasteiger partial charge in [-0.25, -0.2) is 0 Å². The Balaban J connectivity index is 1.60. The van der Waals surface area contributed by atoms with Gasteiger partial charge in [-0.15, -0.1) is 0 Å². The minimum absolute atomic E-state index is 0.247. The maximum atomic E-state index is 12.1. The lowest BCUT2D eigenvalue weighted by atomic mass is 10.1. The van der Waals surface area contributed by atoms with Gasteiger partial charge in [0.15, 0.2) is 0 Å². The molecule has 0 aliphatic heterocycles. The van der Waals surface area contributed by atoms with Gasteiger partial charge < -0.3 is 20.7 Å². The maximum absolute atomic E-state index is 12.1. The fourth-order valence-corrected chi connectivity index (χ4v) is 2.63. The van der Waals surface area contributed by atoms with Crippen LogP contribution in [0.25, 0.3) is 10.9 Å². The molecule has 25 heavy (non-hydrogen) atoms. The van der Waals surface area contributed by atoms with Crippen LogP contribution in [-0.2, 0) is 16.0 Å². The number of benzene rings is 2. The molecule has 1 atom stereocenters. The van der Waals surface area contributed by atoms with Crippen LogP contribution in [0.3, 0.4) is 0 Å². The Labute approximate surface area is 144 Å². The van der Waals surface area contributed by atoms with Crippen molar-refractivity contribution in [2.75, 3.05) is 11.9 Å². The average Bonchev–Trinajstić information content (AvgIpc) is 3.09. The molecule has 0 unspecified atom stereocenters. The number of rotatable bonds is 5. The van der Waals surface area contributed by atoms with Crippen LogP contribution >= 0.6 is 0 Å². The highest BCUT2D eigenvalue weighted by atomic mass is 16.3. The zero-order valence-corrected chi connectivity index (χ0v) is 13.5. The van der Waals surface area contributed by atoms with Crippen LogP contribution in [0.4, 0.5) is 5.69 Å². The van der Waals surface area contributed by atoms with Gasteiger partial charge in [0.2, 0.25) is 0 Å². The molecule has 1 heterocycles. The molecule has 128 valence electrons. The van der Waals surface area contributed by atoms with Crippen molar-refractivity contribution in [1.29, 1.82) is 0 Å². The quantitative estimate of drug-likeness (QED) is 0.535. The third kappa shape index (κ3) is 4.24. The molecule has 2 amide bonds. The van der Waals surface area contributed by atoms with E-state index in [0.29, 0.717) is 12.1 Å². The van der Waals surface area contributed by atoms with Crippen LogP contribution in [-0.4, -0.2) is 34.6 Å². The van der Waals surface area contributed by atoms with Gasteiger partial charge in [-0.3, -0.25) is 9.59 Å². The summed E-state index contributed by atoms with van der Waals surface area (Å²) in [6.45, 7) is -0.247. The molecule has 0 fully saturated rings. The van der Waals surface area contributed by atoms with E-state index in [0.717, 1.165) is 16.5 Å². The van der Waals surface area contributed by atoms with E-state index < -0.39 is 17.9 Å². The van der Waals surface area contributed by atoms with Gasteiger partial charge in [0.25, 0.3) is 0 Å². The number of H-pyrrole nitrogens is 1. The molecule has 3 aromatic rings. The van der Waals surface area contributed by atoms with Gasteiger partial charge in [-0.1, -0.05) is 30.3 Å². The van der Waals surface area contributed by atoms with E-state index in [9.17, 15) is 14.7 Å². The Morgan fingerprint density at radius 1 is 1.04 bits per heavy atom. The lowest BCUT2D eigenvalue weighted by Gasteiger charge is -2.16. The number of anilines is 1. The van der Waals surface area contributed by atoms with Gasteiger partial charge in [-0.05, 0) is 36.2 Å². The van der Waals surface area contributed by atoms with Crippen LogP contribution in [0.15, 0.2) is 60.8 Å². The number of fused-ring (bicyclic) bond motifs is 1. The number of aliphatic hydroxyl groups excluding tert-OH is 1. The monoisotopic (exact) mass is 337 g/mol. The topological polar surface area (TPSA) is 94.2 Å². The highest BCUT2D eigenvalue weighted by Crippen LogP contribution is 2.17. The van der Waals surface area contributed by atoms with Crippen molar-refractivity contribution in [2.24, 2.45) is 0 Å². The summed E-state index contributed by atoms with van der Waals surface area (Å²) in [6.07, 6.45) is 2.25. The van der Waals surface area contributed by atoms with Crippen LogP contribution in [0.2, 0.25) is 0 Å². The molecular formula is C19H19N3O3. The third-order valence-corrected chi connectivity index (χ3v) is 3.90. The molecule has 3 rings (SSSR count). The summed E-state index contributed by atoms with van der Waals surface area (Å²) in [5, 5.41) is 15.5.